The number of rotatable bonds is 5. The fourth-order valence-electron chi connectivity index (χ4n) is 4.54. The Hall–Kier alpha value is -2.36. The van der Waals surface area contributed by atoms with Crippen LogP contribution in [0.1, 0.15) is 37.7 Å². The van der Waals surface area contributed by atoms with Crippen molar-refractivity contribution in [1.82, 2.24) is 4.31 Å². The maximum absolute atomic E-state index is 14.5. The molecule has 1 aliphatic carbocycles. The first-order valence-electron chi connectivity index (χ1n) is 10.8. The van der Waals surface area contributed by atoms with Gasteiger partial charge in [0.2, 0.25) is 15.9 Å². The van der Waals surface area contributed by atoms with Crippen molar-refractivity contribution in [2.24, 2.45) is 0 Å². The minimum atomic E-state index is -4.07. The van der Waals surface area contributed by atoms with Gasteiger partial charge in [0.1, 0.15) is 16.5 Å². The van der Waals surface area contributed by atoms with Crippen LogP contribution in [0.25, 0.3) is 0 Å². The van der Waals surface area contributed by atoms with Crippen molar-refractivity contribution in [2.75, 3.05) is 31.6 Å². The van der Waals surface area contributed by atoms with Gasteiger partial charge >= 0.3 is 0 Å². The molecule has 0 spiro atoms. The van der Waals surface area contributed by atoms with Crippen LogP contribution in [-0.4, -0.2) is 44.9 Å². The predicted molar refractivity (Wildman–Crippen MR) is 116 cm³/mol. The van der Waals surface area contributed by atoms with Crippen molar-refractivity contribution in [3.63, 3.8) is 0 Å². The van der Waals surface area contributed by atoms with Crippen molar-refractivity contribution < 1.29 is 26.7 Å². The van der Waals surface area contributed by atoms with Crippen LogP contribution >= 0.6 is 0 Å². The maximum Gasteiger partial charge on any atom is 0.246 e. The van der Waals surface area contributed by atoms with E-state index in [0.29, 0.717) is 18.4 Å². The minimum absolute atomic E-state index is 0.140. The first kappa shape index (κ1) is 22.8. The van der Waals surface area contributed by atoms with Gasteiger partial charge in [-0.2, -0.15) is 4.31 Å². The molecule has 1 aliphatic heterocycles. The SMILES string of the molecule is O=C(Nc1ccc(F)c(S(=O)(=O)N2CCOCC2)c1)C1(c2cccc(F)c2)CCCCC1. The van der Waals surface area contributed by atoms with Gasteiger partial charge in [-0.3, -0.25) is 4.79 Å². The van der Waals surface area contributed by atoms with E-state index in [0.717, 1.165) is 31.4 Å². The van der Waals surface area contributed by atoms with E-state index in [1.165, 1.54) is 22.5 Å². The molecule has 2 aliphatic rings. The summed E-state index contributed by atoms with van der Waals surface area (Å²) in [5.74, 6) is -1.64. The number of hydrogen-bond donors (Lipinski definition) is 1. The summed E-state index contributed by atoms with van der Waals surface area (Å²) in [6, 6.07) is 9.57. The van der Waals surface area contributed by atoms with Gasteiger partial charge in [-0.15, -0.1) is 0 Å². The molecule has 2 aromatic rings. The number of nitrogens with one attached hydrogen (secondary N) is 1. The Bertz CT molecular complexity index is 1090. The number of nitrogens with zero attached hydrogens (tertiary/aromatic N) is 1. The second kappa shape index (κ2) is 9.25. The topological polar surface area (TPSA) is 75.7 Å². The lowest BCUT2D eigenvalue weighted by Gasteiger charge is -2.36. The van der Waals surface area contributed by atoms with E-state index in [2.05, 4.69) is 5.32 Å². The lowest BCUT2D eigenvalue weighted by atomic mass is 9.68. The summed E-state index contributed by atoms with van der Waals surface area (Å²) >= 11 is 0. The molecule has 172 valence electrons. The fourth-order valence-corrected chi connectivity index (χ4v) is 6.04. The Morgan fingerprint density at radius 1 is 1.00 bits per heavy atom. The average Bonchev–Trinajstić information content (AvgIpc) is 2.81. The molecule has 9 heteroatoms. The number of hydrogen-bond acceptors (Lipinski definition) is 4. The quantitative estimate of drug-likeness (QED) is 0.730. The average molecular weight is 465 g/mol. The van der Waals surface area contributed by atoms with E-state index < -0.39 is 32.0 Å². The van der Waals surface area contributed by atoms with Crippen LogP contribution in [0.15, 0.2) is 47.4 Å². The summed E-state index contributed by atoms with van der Waals surface area (Å²) in [6.07, 6.45) is 3.75. The second-order valence-electron chi connectivity index (χ2n) is 8.27. The van der Waals surface area contributed by atoms with Gasteiger partial charge in [-0.25, -0.2) is 17.2 Å². The number of morpholine rings is 1. The van der Waals surface area contributed by atoms with Gasteiger partial charge in [-0.1, -0.05) is 31.4 Å². The summed E-state index contributed by atoms with van der Waals surface area (Å²) in [5, 5.41) is 2.78. The molecule has 0 unspecified atom stereocenters. The predicted octanol–water partition coefficient (Wildman–Crippen LogP) is 3.83. The van der Waals surface area contributed by atoms with E-state index in [1.54, 1.807) is 12.1 Å². The van der Waals surface area contributed by atoms with Gasteiger partial charge in [0, 0.05) is 18.8 Å². The van der Waals surface area contributed by atoms with E-state index in [9.17, 15) is 22.0 Å². The van der Waals surface area contributed by atoms with Crippen LogP contribution in [0, 0.1) is 11.6 Å². The monoisotopic (exact) mass is 464 g/mol. The van der Waals surface area contributed by atoms with Gasteiger partial charge < -0.3 is 10.1 Å². The molecule has 1 N–H and O–H groups in total. The molecule has 1 amide bonds. The van der Waals surface area contributed by atoms with E-state index >= 15 is 0 Å². The fraction of sp³-hybridized carbons (Fsp3) is 0.435. The highest BCUT2D eigenvalue weighted by atomic mass is 32.2. The molecule has 1 saturated heterocycles. The number of ether oxygens (including phenoxy) is 1. The molecule has 0 radical (unpaired) electrons. The van der Waals surface area contributed by atoms with Gasteiger partial charge in [0.05, 0.1) is 18.6 Å². The zero-order valence-corrected chi connectivity index (χ0v) is 18.5. The smallest absolute Gasteiger partial charge is 0.246 e. The number of sulfonamides is 1. The lowest BCUT2D eigenvalue weighted by molar-refractivity contribution is -0.122. The number of benzene rings is 2. The molecule has 1 saturated carbocycles. The molecule has 6 nitrogen and oxygen atoms in total. The van der Waals surface area contributed by atoms with E-state index in [1.807, 2.05) is 0 Å². The van der Waals surface area contributed by atoms with Crippen LogP contribution in [0.3, 0.4) is 0 Å². The molecular weight excluding hydrogens is 438 g/mol. The molecule has 2 aromatic carbocycles. The van der Waals surface area contributed by atoms with E-state index in [4.69, 9.17) is 4.74 Å². The first-order valence-corrected chi connectivity index (χ1v) is 12.2. The van der Waals surface area contributed by atoms with Gasteiger partial charge in [0.25, 0.3) is 0 Å². The van der Waals surface area contributed by atoms with Crippen molar-refractivity contribution in [1.29, 1.82) is 0 Å². The Morgan fingerprint density at radius 3 is 2.41 bits per heavy atom. The first-order chi connectivity index (χ1) is 15.3. The number of carbonyl (C=O) groups excluding carboxylic acids is 1. The van der Waals surface area contributed by atoms with Crippen molar-refractivity contribution >= 4 is 21.6 Å². The third kappa shape index (κ3) is 4.42. The molecule has 1 heterocycles. The maximum atomic E-state index is 14.5. The third-order valence-corrected chi connectivity index (χ3v) is 8.21. The summed E-state index contributed by atoms with van der Waals surface area (Å²) in [4.78, 5) is 13.0. The van der Waals surface area contributed by atoms with Crippen LogP contribution in [-0.2, 0) is 25.0 Å². The van der Waals surface area contributed by atoms with Crippen LogP contribution in [0.4, 0.5) is 14.5 Å². The largest absolute Gasteiger partial charge is 0.379 e. The Kier molecular flexibility index (Phi) is 6.60. The number of carbonyl (C=O) groups is 1. The second-order valence-corrected chi connectivity index (χ2v) is 10.2. The van der Waals surface area contributed by atoms with Crippen LogP contribution in [0.2, 0.25) is 0 Å². The Morgan fingerprint density at radius 2 is 1.72 bits per heavy atom. The zero-order valence-electron chi connectivity index (χ0n) is 17.6. The number of halogens is 2. The third-order valence-electron chi connectivity index (χ3n) is 6.30. The summed E-state index contributed by atoms with van der Waals surface area (Å²) in [7, 11) is -4.07. The summed E-state index contributed by atoms with van der Waals surface area (Å²) < 4.78 is 60.7. The molecule has 0 aromatic heterocycles. The molecule has 0 atom stereocenters. The van der Waals surface area contributed by atoms with Crippen LogP contribution in [0.5, 0.6) is 0 Å². The van der Waals surface area contributed by atoms with Gasteiger partial charge in [0.15, 0.2) is 0 Å². The summed E-state index contributed by atoms with van der Waals surface area (Å²) in [5.41, 5.74) is -0.139. The lowest BCUT2D eigenvalue weighted by Crippen LogP contribution is -2.42. The van der Waals surface area contributed by atoms with E-state index in [-0.39, 0.29) is 37.9 Å². The Labute approximate surface area is 186 Å². The standard InChI is InChI=1S/C23H26F2N2O4S/c24-18-6-4-5-17(15-18)23(9-2-1-3-10-23)22(28)26-19-7-8-20(25)21(16-19)32(29,30)27-11-13-31-14-12-27/h4-8,15-16H,1-3,9-14H2,(H,26,28). The number of amides is 1. The van der Waals surface area contributed by atoms with Crippen LogP contribution < -0.4 is 5.32 Å². The Balaban J connectivity index is 1.64. The molecule has 0 bridgehead atoms. The molecule has 2 fully saturated rings. The summed E-state index contributed by atoms with van der Waals surface area (Å²) in [6.45, 7) is 0.767. The van der Waals surface area contributed by atoms with Crippen molar-refractivity contribution in [3.05, 3.63) is 59.7 Å². The molecule has 4 rings (SSSR count). The van der Waals surface area contributed by atoms with Gasteiger partial charge in [-0.05, 0) is 48.7 Å². The van der Waals surface area contributed by atoms with Crippen molar-refractivity contribution in [3.8, 4) is 0 Å². The highest BCUT2D eigenvalue weighted by Crippen LogP contribution is 2.41. The minimum Gasteiger partial charge on any atom is -0.379 e. The van der Waals surface area contributed by atoms with Crippen molar-refractivity contribution in [2.45, 2.75) is 42.4 Å². The normalized spacial score (nSPS) is 19.4. The number of anilines is 1. The molecule has 32 heavy (non-hydrogen) atoms. The highest BCUT2D eigenvalue weighted by molar-refractivity contribution is 7.89. The molecular formula is C23H26F2N2O4S. The highest BCUT2D eigenvalue weighted by Gasteiger charge is 2.41. The zero-order chi connectivity index (χ0) is 22.8.